The summed E-state index contributed by atoms with van der Waals surface area (Å²) in [6.07, 6.45) is 0.656. The zero-order valence-electron chi connectivity index (χ0n) is 13.8. The van der Waals surface area contributed by atoms with Crippen LogP contribution in [0.3, 0.4) is 0 Å². The van der Waals surface area contributed by atoms with Crippen LogP contribution in [-0.2, 0) is 13.0 Å². The smallest absolute Gasteiger partial charge is 0.254 e. The standard InChI is InChI=1S/C20H19FN2O/c1-3-18-12-19(24)23(13-15-9-7-14(2)8-10-15)20(22-18)16-5-4-6-17(21)11-16/h4-12H,3,13H2,1-2H3. The van der Waals surface area contributed by atoms with E-state index in [2.05, 4.69) is 4.98 Å². The highest BCUT2D eigenvalue weighted by molar-refractivity contribution is 5.55. The summed E-state index contributed by atoms with van der Waals surface area (Å²) in [5.74, 6) is 0.157. The number of nitrogens with zero attached hydrogens (tertiary/aromatic N) is 2. The molecule has 0 unspecified atom stereocenters. The van der Waals surface area contributed by atoms with E-state index in [4.69, 9.17) is 0 Å². The quantitative estimate of drug-likeness (QED) is 0.728. The van der Waals surface area contributed by atoms with E-state index < -0.39 is 0 Å². The van der Waals surface area contributed by atoms with Crippen molar-refractivity contribution in [2.45, 2.75) is 26.8 Å². The fraction of sp³-hybridized carbons (Fsp3) is 0.200. The minimum atomic E-state index is -0.342. The molecule has 0 bridgehead atoms. The molecule has 1 aromatic heterocycles. The third-order valence-electron chi connectivity index (χ3n) is 3.97. The zero-order valence-corrected chi connectivity index (χ0v) is 13.8. The Morgan fingerprint density at radius 3 is 2.50 bits per heavy atom. The largest absolute Gasteiger partial charge is 0.288 e. The first-order chi connectivity index (χ1) is 11.6. The maximum atomic E-state index is 13.6. The average Bonchev–Trinajstić information content (AvgIpc) is 2.58. The summed E-state index contributed by atoms with van der Waals surface area (Å²) in [6, 6.07) is 15.8. The summed E-state index contributed by atoms with van der Waals surface area (Å²) < 4.78 is 15.2. The first-order valence-corrected chi connectivity index (χ1v) is 7.99. The average molecular weight is 322 g/mol. The molecule has 0 aliphatic heterocycles. The lowest BCUT2D eigenvalue weighted by Gasteiger charge is -2.14. The zero-order chi connectivity index (χ0) is 17.1. The number of benzene rings is 2. The van der Waals surface area contributed by atoms with Crippen LogP contribution in [-0.4, -0.2) is 9.55 Å². The maximum absolute atomic E-state index is 13.6. The van der Waals surface area contributed by atoms with Crippen LogP contribution in [0.1, 0.15) is 23.7 Å². The second kappa shape index (κ2) is 6.79. The van der Waals surface area contributed by atoms with Crippen molar-refractivity contribution >= 4 is 0 Å². The fourth-order valence-electron chi connectivity index (χ4n) is 2.61. The Bertz CT molecular complexity index is 914. The van der Waals surface area contributed by atoms with Crippen LogP contribution >= 0.6 is 0 Å². The van der Waals surface area contributed by atoms with Gasteiger partial charge >= 0.3 is 0 Å². The number of aromatic nitrogens is 2. The molecule has 1 heterocycles. The predicted octanol–water partition coefficient (Wildman–Crippen LogP) is 3.97. The lowest BCUT2D eigenvalue weighted by molar-refractivity contribution is 0.627. The van der Waals surface area contributed by atoms with Gasteiger partial charge in [0, 0.05) is 17.3 Å². The van der Waals surface area contributed by atoms with Crippen molar-refractivity contribution in [2.75, 3.05) is 0 Å². The van der Waals surface area contributed by atoms with Gasteiger partial charge in [-0.05, 0) is 31.0 Å². The van der Waals surface area contributed by atoms with Gasteiger partial charge in [-0.3, -0.25) is 9.36 Å². The molecule has 0 radical (unpaired) electrons. The molecule has 0 saturated heterocycles. The molecule has 122 valence electrons. The van der Waals surface area contributed by atoms with Crippen molar-refractivity contribution in [1.29, 1.82) is 0 Å². The van der Waals surface area contributed by atoms with Gasteiger partial charge in [0.25, 0.3) is 5.56 Å². The van der Waals surface area contributed by atoms with Crippen LogP contribution in [0.25, 0.3) is 11.4 Å². The normalized spacial score (nSPS) is 10.8. The molecule has 0 saturated carbocycles. The number of halogens is 1. The van der Waals surface area contributed by atoms with Crippen molar-refractivity contribution in [3.63, 3.8) is 0 Å². The van der Waals surface area contributed by atoms with E-state index >= 15 is 0 Å². The minimum absolute atomic E-state index is 0.123. The molecule has 0 N–H and O–H groups in total. The Labute approximate surface area is 140 Å². The lowest BCUT2D eigenvalue weighted by atomic mass is 10.1. The molecule has 3 aromatic rings. The Morgan fingerprint density at radius 1 is 1.08 bits per heavy atom. The van der Waals surface area contributed by atoms with E-state index in [0.717, 1.165) is 11.1 Å². The summed E-state index contributed by atoms with van der Waals surface area (Å²) in [4.78, 5) is 17.2. The second-order valence-corrected chi connectivity index (χ2v) is 5.84. The van der Waals surface area contributed by atoms with Gasteiger partial charge in [-0.15, -0.1) is 0 Å². The van der Waals surface area contributed by atoms with E-state index in [1.807, 2.05) is 38.1 Å². The Hall–Kier alpha value is -2.75. The van der Waals surface area contributed by atoms with E-state index in [0.29, 0.717) is 30.0 Å². The highest BCUT2D eigenvalue weighted by atomic mass is 19.1. The van der Waals surface area contributed by atoms with Crippen LogP contribution in [0.15, 0.2) is 59.4 Å². The van der Waals surface area contributed by atoms with E-state index in [9.17, 15) is 9.18 Å². The molecule has 3 rings (SSSR count). The van der Waals surface area contributed by atoms with Gasteiger partial charge < -0.3 is 0 Å². The molecule has 0 spiro atoms. The highest BCUT2D eigenvalue weighted by Gasteiger charge is 2.12. The number of hydrogen-bond acceptors (Lipinski definition) is 2. The molecule has 0 amide bonds. The first-order valence-electron chi connectivity index (χ1n) is 7.99. The summed E-state index contributed by atoms with van der Waals surface area (Å²) in [7, 11) is 0. The maximum Gasteiger partial charge on any atom is 0.254 e. The van der Waals surface area contributed by atoms with Crippen molar-refractivity contribution in [3.05, 3.63) is 87.6 Å². The minimum Gasteiger partial charge on any atom is -0.288 e. The van der Waals surface area contributed by atoms with Gasteiger partial charge in [0.2, 0.25) is 0 Å². The monoisotopic (exact) mass is 322 g/mol. The Morgan fingerprint density at radius 2 is 1.83 bits per heavy atom. The molecular weight excluding hydrogens is 303 g/mol. The first kappa shape index (κ1) is 16.1. The van der Waals surface area contributed by atoms with Crippen LogP contribution in [0.2, 0.25) is 0 Å². The number of rotatable bonds is 4. The van der Waals surface area contributed by atoms with E-state index in [1.54, 1.807) is 22.8 Å². The summed E-state index contributed by atoms with van der Waals surface area (Å²) in [5, 5.41) is 0. The molecule has 0 aliphatic carbocycles. The van der Waals surface area contributed by atoms with Crippen molar-refractivity contribution < 1.29 is 4.39 Å². The van der Waals surface area contributed by atoms with E-state index in [1.165, 1.54) is 12.1 Å². The number of aryl methyl sites for hydroxylation is 2. The molecule has 0 atom stereocenters. The van der Waals surface area contributed by atoms with Gasteiger partial charge in [0.1, 0.15) is 11.6 Å². The molecule has 0 aliphatic rings. The fourth-order valence-corrected chi connectivity index (χ4v) is 2.61. The summed E-state index contributed by atoms with van der Waals surface area (Å²) in [6.45, 7) is 4.37. The van der Waals surface area contributed by atoms with Gasteiger partial charge in [-0.25, -0.2) is 9.37 Å². The summed E-state index contributed by atoms with van der Waals surface area (Å²) >= 11 is 0. The highest BCUT2D eigenvalue weighted by Crippen LogP contribution is 2.19. The molecular formula is C20H19FN2O. The lowest BCUT2D eigenvalue weighted by Crippen LogP contribution is -2.24. The van der Waals surface area contributed by atoms with Gasteiger partial charge in [0.15, 0.2) is 0 Å². The summed E-state index contributed by atoms with van der Waals surface area (Å²) in [5.41, 5.74) is 3.36. The predicted molar refractivity (Wildman–Crippen MR) is 93.6 cm³/mol. The van der Waals surface area contributed by atoms with Crippen LogP contribution in [0.4, 0.5) is 4.39 Å². The van der Waals surface area contributed by atoms with Crippen molar-refractivity contribution in [3.8, 4) is 11.4 Å². The Balaban J connectivity index is 2.13. The molecule has 3 nitrogen and oxygen atoms in total. The third-order valence-corrected chi connectivity index (χ3v) is 3.97. The molecule has 0 fully saturated rings. The topological polar surface area (TPSA) is 34.9 Å². The number of hydrogen-bond donors (Lipinski definition) is 0. The molecule has 4 heteroatoms. The van der Waals surface area contributed by atoms with Gasteiger partial charge in [0.05, 0.1) is 6.54 Å². The SMILES string of the molecule is CCc1cc(=O)n(Cc2ccc(C)cc2)c(-c2cccc(F)c2)n1. The van der Waals surface area contributed by atoms with Crippen LogP contribution in [0.5, 0.6) is 0 Å². The van der Waals surface area contributed by atoms with Crippen LogP contribution < -0.4 is 5.56 Å². The van der Waals surface area contributed by atoms with Crippen LogP contribution in [0, 0.1) is 12.7 Å². The Kier molecular flexibility index (Phi) is 4.56. The third kappa shape index (κ3) is 3.43. The molecule has 2 aromatic carbocycles. The second-order valence-electron chi connectivity index (χ2n) is 5.84. The van der Waals surface area contributed by atoms with Gasteiger partial charge in [-0.2, -0.15) is 0 Å². The van der Waals surface area contributed by atoms with Gasteiger partial charge in [-0.1, -0.05) is 48.9 Å². The van der Waals surface area contributed by atoms with E-state index in [-0.39, 0.29) is 11.4 Å². The molecule has 24 heavy (non-hydrogen) atoms. The van der Waals surface area contributed by atoms with Crippen molar-refractivity contribution in [1.82, 2.24) is 9.55 Å². The van der Waals surface area contributed by atoms with Crippen molar-refractivity contribution in [2.24, 2.45) is 0 Å².